The molecule has 2 spiro atoms. The highest BCUT2D eigenvalue weighted by atomic mass is 16.7. The van der Waals surface area contributed by atoms with Crippen molar-refractivity contribution in [3.05, 3.63) is 0 Å². The number of hydrogen-bond acceptors (Lipinski definition) is 8. The average molecular weight is 326 g/mol. The molecule has 8 nitrogen and oxygen atoms in total. The van der Waals surface area contributed by atoms with Gasteiger partial charge in [-0.1, -0.05) is 20.8 Å². The van der Waals surface area contributed by atoms with Crippen molar-refractivity contribution in [3.8, 4) is 0 Å². The third-order valence-corrected chi connectivity index (χ3v) is 6.22. The van der Waals surface area contributed by atoms with Crippen LogP contribution in [0.2, 0.25) is 0 Å². The molecule has 23 heavy (non-hydrogen) atoms. The molecule has 4 rings (SSSR count). The first kappa shape index (κ1) is 14.9. The molecule has 3 heterocycles. The van der Waals surface area contributed by atoms with Gasteiger partial charge in [-0.05, 0) is 5.41 Å². The van der Waals surface area contributed by atoms with Crippen LogP contribution in [0.5, 0.6) is 0 Å². The van der Waals surface area contributed by atoms with E-state index in [-0.39, 0.29) is 12.8 Å². The van der Waals surface area contributed by atoms with Crippen LogP contribution >= 0.6 is 0 Å². The smallest absolute Gasteiger partial charge is 0.339 e. The van der Waals surface area contributed by atoms with Gasteiger partial charge >= 0.3 is 17.9 Å². The summed E-state index contributed by atoms with van der Waals surface area (Å²) in [4.78, 5) is 36.5. The Labute approximate surface area is 131 Å². The third-order valence-electron chi connectivity index (χ3n) is 6.22. The third kappa shape index (κ3) is 1.20. The largest absolute Gasteiger partial charge is 0.461 e. The molecule has 126 valence electrons. The van der Waals surface area contributed by atoms with Crippen LogP contribution in [0.3, 0.4) is 0 Å². The number of ether oxygens (including phenoxy) is 3. The monoisotopic (exact) mass is 326 g/mol. The first-order valence-electron chi connectivity index (χ1n) is 7.54. The predicted octanol–water partition coefficient (Wildman–Crippen LogP) is -0.744. The molecule has 3 saturated heterocycles. The summed E-state index contributed by atoms with van der Waals surface area (Å²) < 4.78 is 15.5. The molecule has 0 aromatic rings. The van der Waals surface area contributed by atoms with E-state index < -0.39 is 58.3 Å². The Bertz CT molecular complexity index is 650. The van der Waals surface area contributed by atoms with Crippen molar-refractivity contribution < 1.29 is 38.8 Å². The van der Waals surface area contributed by atoms with E-state index in [0.717, 1.165) is 0 Å². The Kier molecular flexibility index (Phi) is 2.39. The van der Waals surface area contributed by atoms with Crippen molar-refractivity contribution in [2.45, 2.75) is 57.7 Å². The summed E-state index contributed by atoms with van der Waals surface area (Å²) in [6.07, 6.45) is -4.58. The van der Waals surface area contributed by atoms with Gasteiger partial charge in [-0.25, -0.2) is 4.79 Å². The second-order valence-corrected chi connectivity index (χ2v) is 7.89. The van der Waals surface area contributed by atoms with E-state index in [9.17, 15) is 24.6 Å². The van der Waals surface area contributed by atoms with Crippen molar-refractivity contribution in [2.75, 3.05) is 0 Å². The van der Waals surface area contributed by atoms with Gasteiger partial charge in [0.1, 0.15) is 16.9 Å². The molecule has 1 aliphatic carbocycles. The van der Waals surface area contributed by atoms with E-state index in [4.69, 9.17) is 14.2 Å². The van der Waals surface area contributed by atoms with Crippen molar-refractivity contribution >= 4 is 17.9 Å². The van der Waals surface area contributed by atoms with E-state index in [0.29, 0.717) is 0 Å². The number of esters is 3. The maximum Gasteiger partial charge on any atom is 0.339 e. The lowest BCUT2D eigenvalue weighted by Gasteiger charge is -2.49. The summed E-state index contributed by atoms with van der Waals surface area (Å²) in [6.45, 7) is 5.19. The first-order chi connectivity index (χ1) is 10.5. The summed E-state index contributed by atoms with van der Waals surface area (Å²) in [5, 5.41) is 22.2. The van der Waals surface area contributed by atoms with Gasteiger partial charge in [-0.15, -0.1) is 0 Å². The minimum absolute atomic E-state index is 0.0679. The first-order valence-corrected chi connectivity index (χ1v) is 7.54. The molecule has 4 fully saturated rings. The maximum absolute atomic E-state index is 12.6. The molecule has 0 unspecified atom stereocenters. The van der Waals surface area contributed by atoms with Crippen LogP contribution in [-0.4, -0.2) is 52.2 Å². The fraction of sp³-hybridized carbons (Fsp3) is 0.800. The van der Waals surface area contributed by atoms with Crippen LogP contribution in [0.15, 0.2) is 0 Å². The molecular weight excluding hydrogens is 308 g/mol. The van der Waals surface area contributed by atoms with Crippen molar-refractivity contribution in [3.63, 3.8) is 0 Å². The van der Waals surface area contributed by atoms with Crippen molar-refractivity contribution in [1.82, 2.24) is 0 Å². The molecule has 6 atom stereocenters. The lowest BCUT2D eigenvalue weighted by Crippen LogP contribution is -2.65. The molecule has 0 bridgehead atoms. The van der Waals surface area contributed by atoms with Gasteiger partial charge in [0.05, 0.1) is 12.0 Å². The minimum atomic E-state index is -1.78. The van der Waals surface area contributed by atoms with Crippen LogP contribution in [0.4, 0.5) is 0 Å². The molecule has 4 aliphatic rings. The topological polar surface area (TPSA) is 119 Å². The Balaban J connectivity index is 2.05. The number of aliphatic hydroxyl groups is 2. The number of carbonyl (C=O) groups excluding carboxylic acids is 3. The fourth-order valence-electron chi connectivity index (χ4n) is 5.15. The van der Waals surface area contributed by atoms with Gasteiger partial charge in [-0.3, -0.25) is 9.59 Å². The standard InChI is InChI=1S/C15H18O8/c1-12(2,3)14(20)4-6-13(5-7(16)21-6)10(19)23-11-15(13,14)8(17)9(18)22-11/h6,8,11,17,20H,4-5H2,1-3H3/t6-,8+,11-,13+,14+,15+/m0/s1. The lowest BCUT2D eigenvalue weighted by molar-refractivity contribution is -0.224. The minimum Gasteiger partial charge on any atom is -0.461 e. The number of carbonyl (C=O) groups is 3. The zero-order valence-electron chi connectivity index (χ0n) is 13.0. The van der Waals surface area contributed by atoms with E-state index >= 15 is 0 Å². The summed E-state index contributed by atoms with van der Waals surface area (Å²) in [6, 6.07) is 0. The van der Waals surface area contributed by atoms with Crippen molar-refractivity contribution in [2.24, 2.45) is 16.2 Å². The maximum atomic E-state index is 12.6. The zero-order valence-corrected chi connectivity index (χ0v) is 13.0. The molecule has 0 aromatic carbocycles. The summed E-state index contributed by atoms with van der Waals surface area (Å²) in [5.41, 5.74) is -5.91. The molecule has 3 aliphatic heterocycles. The number of aliphatic hydroxyl groups excluding tert-OH is 1. The van der Waals surface area contributed by atoms with E-state index in [2.05, 4.69) is 0 Å². The van der Waals surface area contributed by atoms with Crippen molar-refractivity contribution in [1.29, 1.82) is 0 Å². The van der Waals surface area contributed by atoms with Gasteiger partial charge < -0.3 is 24.4 Å². The van der Waals surface area contributed by atoms with Crippen LogP contribution in [0.25, 0.3) is 0 Å². The van der Waals surface area contributed by atoms with Crippen LogP contribution in [-0.2, 0) is 28.6 Å². The molecular formula is C15H18O8. The number of rotatable bonds is 0. The van der Waals surface area contributed by atoms with E-state index in [1.165, 1.54) is 0 Å². The second kappa shape index (κ2) is 3.70. The van der Waals surface area contributed by atoms with Crippen LogP contribution in [0, 0.1) is 16.2 Å². The van der Waals surface area contributed by atoms with Crippen LogP contribution in [0.1, 0.15) is 33.6 Å². The molecule has 1 saturated carbocycles. The van der Waals surface area contributed by atoms with Gasteiger partial charge in [-0.2, -0.15) is 0 Å². The Morgan fingerprint density at radius 1 is 1.13 bits per heavy atom. The SMILES string of the molecule is CC(C)(C)[C@]1(O)C[C@@H]2OC(=O)C[C@]23C(=O)O[C@@H]2OC(=O)[C@@H](O)[C@@]231. The fourth-order valence-corrected chi connectivity index (χ4v) is 5.15. The Hall–Kier alpha value is -1.67. The van der Waals surface area contributed by atoms with Gasteiger partial charge in [0.2, 0.25) is 0 Å². The Morgan fingerprint density at radius 3 is 2.39 bits per heavy atom. The lowest BCUT2D eigenvalue weighted by atomic mass is 9.52. The zero-order chi connectivity index (χ0) is 17.0. The van der Waals surface area contributed by atoms with Gasteiger partial charge in [0.15, 0.2) is 6.10 Å². The summed E-state index contributed by atoms with van der Waals surface area (Å²) in [5.74, 6) is -2.36. The summed E-state index contributed by atoms with van der Waals surface area (Å²) in [7, 11) is 0. The highest BCUT2D eigenvalue weighted by Gasteiger charge is 2.92. The Morgan fingerprint density at radius 2 is 1.78 bits per heavy atom. The molecule has 0 radical (unpaired) electrons. The average Bonchev–Trinajstić information content (AvgIpc) is 3.00. The second-order valence-electron chi connectivity index (χ2n) is 7.89. The number of hydrogen-bond donors (Lipinski definition) is 2. The molecule has 0 aromatic heterocycles. The van der Waals surface area contributed by atoms with E-state index in [1.54, 1.807) is 20.8 Å². The molecule has 0 amide bonds. The highest BCUT2D eigenvalue weighted by Crippen LogP contribution is 2.75. The summed E-state index contributed by atoms with van der Waals surface area (Å²) >= 11 is 0. The van der Waals surface area contributed by atoms with Gasteiger partial charge in [0.25, 0.3) is 6.29 Å². The molecule has 8 heteroatoms. The highest BCUT2D eigenvalue weighted by molar-refractivity contribution is 5.94. The quantitative estimate of drug-likeness (QED) is 0.558. The van der Waals surface area contributed by atoms with Gasteiger partial charge in [0, 0.05) is 6.42 Å². The normalized spacial score (nSPS) is 51.0. The predicted molar refractivity (Wildman–Crippen MR) is 70.4 cm³/mol. The molecule has 2 N–H and O–H groups in total. The van der Waals surface area contributed by atoms with E-state index in [1.807, 2.05) is 0 Å². The van der Waals surface area contributed by atoms with Crippen LogP contribution < -0.4 is 0 Å².